The van der Waals surface area contributed by atoms with E-state index in [4.69, 9.17) is 9.47 Å². The van der Waals surface area contributed by atoms with Gasteiger partial charge in [0.25, 0.3) is 5.91 Å². The Bertz CT molecular complexity index is 789. The van der Waals surface area contributed by atoms with Crippen LogP contribution in [0.5, 0.6) is 11.5 Å². The second-order valence-corrected chi connectivity index (χ2v) is 5.58. The molecule has 2 rings (SSSR count). The summed E-state index contributed by atoms with van der Waals surface area (Å²) < 4.78 is 48.4. The summed E-state index contributed by atoms with van der Waals surface area (Å²) in [4.78, 5) is 23.0. The van der Waals surface area contributed by atoms with E-state index in [9.17, 15) is 22.8 Å². The highest BCUT2D eigenvalue weighted by atomic mass is 19.4. The van der Waals surface area contributed by atoms with Gasteiger partial charge in [0, 0.05) is 11.8 Å². The van der Waals surface area contributed by atoms with Crippen LogP contribution in [0.3, 0.4) is 0 Å². The molecule has 0 heterocycles. The van der Waals surface area contributed by atoms with E-state index in [2.05, 4.69) is 5.32 Å². The molecular formula is C19H18F3NO4. The molecule has 2 aromatic carbocycles. The molecule has 0 aliphatic carbocycles. The summed E-state index contributed by atoms with van der Waals surface area (Å²) in [6.45, 7) is 2.02. The van der Waals surface area contributed by atoms with Crippen molar-refractivity contribution in [3.8, 4) is 11.5 Å². The van der Waals surface area contributed by atoms with E-state index in [1.54, 1.807) is 6.07 Å². The van der Waals surface area contributed by atoms with Crippen LogP contribution in [0.1, 0.15) is 29.3 Å². The molecule has 0 saturated carbocycles. The lowest BCUT2D eigenvalue weighted by molar-refractivity contribution is -0.137. The van der Waals surface area contributed by atoms with Gasteiger partial charge in [0.05, 0.1) is 17.7 Å². The van der Waals surface area contributed by atoms with E-state index in [0.29, 0.717) is 18.6 Å². The predicted molar refractivity (Wildman–Crippen MR) is 93.2 cm³/mol. The summed E-state index contributed by atoms with van der Waals surface area (Å²) in [6.07, 6.45) is -3.05. The molecule has 0 bridgehead atoms. The molecule has 144 valence electrons. The van der Waals surface area contributed by atoms with Gasteiger partial charge in [-0.15, -0.1) is 0 Å². The van der Waals surface area contributed by atoms with Crippen molar-refractivity contribution < 1.29 is 32.2 Å². The van der Waals surface area contributed by atoms with Crippen molar-refractivity contribution >= 4 is 17.9 Å². The highest BCUT2D eigenvalue weighted by Crippen LogP contribution is 2.30. The summed E-state index contributed by atoms with van der Waals surface area (Å²) >= 11 is 0. The number of rotatable bonds is 8. The molecule has 2 aromatic rings. The standard InChI is InChI=1S/C19H18F3NO4/c1-2-9-26-16-8-3-13(11-24)17(10-16)27-12-18(25)23-15-6-4-14(5-7-15)19(20,21)22/h3-8,10-11H,2,9,12H2,1H3,(H,23,25). The number of halogens is 3. The molecule has 27 heavy (non-hydrogen) atoms. The van der Waals surface area contributed by atoms with Crippen LogP contribution in [0.2, 0.25) is 0 Å². The maximum absolute atomic E-state index is 12.5. The van der Waals surface area contributed by atoms with Crippen molar-refractivity contribution in [3.05, 3.63) is 53.6 Å². The van der Waals surface area contributed by atoms with Crippen LogP contribution in [0.4, 0.5) is 18.9 Å². The van der Waals surface area contributed by atoms with Gasteiger partial charge >= 0.3 is 6.18 Å². The fraction of sp³-hybridized carbons (Fsp3) is 0.263. The average Bonchev–Trinajstić information content (AvgIpc) is 2.64. The first kappa shape index (κ1) is 20.3. The SMILES string of the molecule is CCCOc1ccc(C=O)c(OCC(=O)Nc2ccc(C(F)(F)F)cc2)c1. The Labute approximate surface area is 154 Å². The van der Waals surface area contributed by atoms with Gasteiger partial charge in [-0.05, 0) is 42.8 Å². The second kappa shape index (κ2) is 9.07. The smallest absolute Gasteiger partial charge is 0.416 e. The zero-order chi connectivity index (χ0) is 19.9. The van der Waals surface area contributed by atoms with Crippen molar-refractivity contribution in [3.63, 3.8) is 0 Å². The molecule has 0 radical (unpaired) electrons. The molecule has 0 aliphatic heterocycles. The van der Waals surface area contributed by atoms with E-state index >= 15 is 0 Å². The summed E-state index contributed by atoms with van der Waals surface area (Å²) in [5.41, 5.74) is -0.357. The van der Waals surface area contributed by atoms with Crippen LogP contribution in [-0.4, -0.2) is 25.4 Å². The number of carbonyl (C=O) groups is 2. The normalized spacial score (nSPS) is 11.0. The second-order valence-electron chi connectivity index (χ2n) is 5.58. The quantitative estimate of drug-likeness (QED) is 0.692. The number of amides is 1. The van der Waals surface area contributed by atoms with E-state index in [0.717, 1.165) is 30.7 Å². The number of hydrogen-bond donors (Lipinski definition) is 1. The Morgan fingerprint density at radius 2 is 1.81 bits per heavy atom. The maximum Gasteiger partial charge on any atom is 0.416 e. The van der Waals surface area contributed by atoms with Gasteiger partial charge in [-0.2, -0.15) is 13.2 Å². The summed E-state index contributed by atoms with van der Waals surface area (Å²) in [7, 11) is 0. The number of nitrogens with one attached hydrogen (secondary N) is 1. The first-order valence-electron chi connectivity index (χ1n) is 8.15. The minimum Gasteiger partial charge on any atom is -0.493 e. The topological polar surface area (TPSA) is 64.6 Å². The van der Waals surface area contributed by atoms with Crippen molar-refractivity contribution in [1.82, 2.24) is 0 Å². The van der Waals surface area contributed by atoms with Gasteiger partial charge in [-0.1, -0.05) is 6.92 Å². The van der Waals surface area contributed by atoms with Crippen LogP contribution >= 0.6 is 0 Å². The molecule has 0 unspecified atom stereocenters. The van der Waals surface area contributed by atoms with Gasteiger partial charge in [0.1, 0.15) is 11.5 Å². The molecule has 0 atom stereocenters. The Hall–Kier alpha value is -3.03. The summed E-state index contributed by atoms with van der Waals surface area (Å²) in [5.74, 6) is 0.105. The first-order chi connectivity index (χ1) is 12.8. The predicted octanol–water partition coefficient (Wildman–Crippen LogP) is 4.32. The number of hydrogen-bond acceptors (Lipinski definition) is 4. The number of ether oxygens (including phenoxy) is 2. The lowest BCUT2D eigenvalue weighted by atomic mass is 10.2. The number of anilines is 1. The molecule has 0 spiro atoms. The number of aldehydes is 1. The maximum atomic E-state index is 12.5. The van der Waals surface area contributed by atoms with E-state index < -0.39 is 24.3 Å². The average molecular weight is 381 g/mol. The zero-order valence-electron chi connectivity index (χ0n) is 14.5. The molecule has 0 aliphatic rings. The molecule has 1 N–H and O–H groups in total. The molecular weight excluding hydrogens is 363 g/mol. The third-order valence-electron chi connectivity index (χ3n) is 3.44. The Morgan fingerprint density at radius 3 is 2.41 bits per heavy atom. The van der Waals surface area contributed by atoms with Crippen molar-refractivity contribution in [2.24, 2.45) is 0 Å². The molecule has 1 amide bonds. The Morgan fingerprint density at radius 1 is 1.11 bits per heavy atom. The molecule has 0 saturated heterocycles. The summed E-state index contributed by atoms with van der Waals surface area (Å²) in [5, 5.41) is 2.43. The minimum atomic E-state index is -4.44. The van der Waals surface area contributed by atoms with Gasteiger partial charge < -0.3 is 14.8 Å². The number of carbonyl (C=O) groups excluding carboxylic acids is 2. The van der Waals surface area contributed by atoms with E-state index in [1.165, 1.54) is 12.1 Å². The van der Waals surface area contributed by atoms with Crippen LogP contribution < -0.4 is 14.8 Å². The molecule has 0 aromatic heterocycles. The third-order valence-corrected chi connectivity index (χ3v) is 3.44. The zero-order valence-corrected chi connectivity index (χ0v) is 14.5. The minimum absolute atomic E-state index is 0.182. The Balaban J connectivity index is 1.97. The van der Waals surface area contributed by atoms with Crippen LogP contribution in [0.15, 0.2) is 42.5 Å². The third kappa shape index (κ3) is 6.02. The van der Waals surface area contributed by atoms with E-state index in [-0.39, 0.29) is 17.0 Å². The molecule has 5 nitrogen and oxygen atoms in total. The molecule has 0 fully saturated rings. The van der Waals surface area contributed by atoms with Crippen molar-refractivity contribution in [2.75, 3.05) is 18.5 Å². The van der Waals surface area contributed by atoms with Crippen LogP contribution in [0, 0.1) is 0 Å². The van der Waals surface area contributed by atoms with Gasteiger partial charge in [-0.25, -0.2) is 0 Å². The fourth-order valence-electron chi connectivity index (χ4n) is 2.13. The summed E-state index contributed by atoms with van der Waals surface area (Å²) in [6, 6.07) is 8.68. The monoisotopic (exact) mass is 381 g/mol. The number of alkyl halides is 3. The van der Waals surface area contributed by atoms with Gasteiger partial charge in [0.15, 0.2) is 12.9 Å². The number of benzene rings is 2. The molecule has 8 heteroatoms. The highest BCUT2D eigenvalue weighted by Gasteiger charge is 2.29. The largest absolute Gasteiger partial charge is 0.493 e. The van der Waals surface area contributed by atoms with Crippen LogP contribution in [-0.2, 0) is 11.0 Å². The van der Waals surface area contributed by atoms with Crippen LogP contribution in [0.25, 0.3) is 0 Å². The Kier molecular flexibility index (Phi) is 6.81. The highest BCUT2D eigenvalue weighted by molar-refractivity contribution is 5.92. The fourth-order valence-corrected chi connectivity index (χ4v) is 2.13. The first-order valence-corrected chi connectivity index (χ1v) is 8.15. The van der Waals surface area contributed by atoms with Crippen molar-refractivity contribution in [1.29, 1.82) is 0 Å². The van der Waals surface area contributed by atoms with Gasteiger partial charge in [-0.3, -0.25) is 9.59 Å². The lowest BCUT2D eigenvalue weighted by Crippen LogP contribution is -2.20. The van der Waals surface area contributed by atoms with Crippen molar-refractivity contribution in [2.45, 2.75) is 19.5 Å². The van der Waals surface area contributed by atoms with E-state index in [1.807, 2.05) is 6.92 Å². The van der Waals surface area contributed by atoms with Gasteiger partial charge in [0.2, 0.25) is 0 Å². The lowest BCUT2D eigenvalue weighted by Gasteiger charge is -2.12.